The second-order valence-corrected chi connectivity index (χ2v) is 3.56. The Balaban J connectivity index is 0. The van der Waals surface area contributed by atoms with Crippen LogP contribution >= 0.6 is 0 Å². The van der Waals surface area contributed by atoms with Crippen molar-refractivity contribution in [1.29, 1.82) is 0 Å². The molecular formula is C13H12O2Sn. The molecule has 80 valence electrons. The average Bonchev–Trinajstić information content (AvgIpc) is 2.30. The van der Waals surface area contributed by atoms with Crippen molar-refractivity contribution in [2.24, 2.45) is 0 Å². The van der Waals surface area contributed by atoms with E-state index >= 15 is 0 Å². The normalized spacial score (nSPS) is 13.1. The Hall–Kier alpha value is -1.00. The van der Waals surface area contributed by atoms with E-state index in [0.717, 1.165) is 11.1 Å². The summed E-state index contributed by atoms with van der Waals surface area (Å²) in [6.45, 7) is 0. The van der Waals surface area contributed by atoms with Gasteiger partial charge in [-0.05, 0) is 23.3 Å². The van der Waals surface area contributed by atoms with Crippen molar-refractivity contribution in [3.63, 3.8) is 0 Å². The van der Waals surface area contributed by atoms with Gasteiger partial charge in [0, 0.05) is 0 Å². The summed E-state index contributed by atoms with van der Waals surface area (Å²) < 4.78 is 5.65. The van der Waals surface area contributed by atoms with Crippen LogP contribution in [0.3, 0.4) is 0 Å². The molecule has 0 aromatic heterocycles. The number of fused-ring (bicyclic) bond motifs is 2. The molecule has 0 N–H and O–H groups in total. The summed E-state index contributed by atoms with van der Waals surface area (Å²) in [5.74, 6) is 1.35. The van der Waals surface area contributed by atoms with Crippen LogP contribution in [0.2, 0.25) is 0 Å². The van der Waals surface area contributed by atoms with Gasteiger partial charge in [-0.1, -0.05) is 42.5 Å². The largest absolute Gasteiger partial charge is 4.00 e. The van der Waals surface area contributed by atoms with Gasteiger partial charge in [0.25, 0.3) is 0 Å². The zero-order chi connectivity index (χ0) is 10.3. The molecule has 3 rings (SSSR count). The smallest absolute Gasteiger partial charge is 1.00 e. The molecule has 1 aliphatic rings. The summed E-state index contributed by atoms with van der Waals surface area (Å²) in [4.78, 5) is 0. The Morgan fingerprint density at radius 2 is 1.31 bits per heavy atom. The third-order valence-corrected chi connectivity index (χ3v) is 2.62. The van der Waals surface area contributed by atoms with Gasteiger partial charge in [-0.3, -0.25) is 0 Å². The quantitative estimate of drug-likeness (QED) is 0.698. The van der Waals surface area contributed by atoms with Crippen molar-refractivity contribution in [2.45, 2.75) is 6.10 Å². The molecular weight excluding hydrogens is 307 g/mol. The van der Waals surface area contributed by atoms with Crippen LogP contribution in [0.4, 0.5) is 0 Å². The van der Waals surface area contributed by atoms with Crippen LogP contribution in [-0.4, -0.2) is 23.9 Å². The molecule has 3 heteroatoms. The first-order valence-corrected chi connectivity index (χ1v) is 4.88. The van der Waals surface area contributed by atoms with Gasteiger partial charge in [-0.15, -0.1) is 0 Å². The van der Waals surface area contributed by atoms with Crippen LogP contribution in [-0.2, 0) is 0 Å². The number of hydrogen-bond donors (Lipinski definition) is 0. The zero-order valence-electron chi connectivity index (χ0n) is 11.5. The molecule has 16 heavy (non-hydrogen) atoms. The van der Waals surface area contributed by atoms with Crippen molar-refractivity contribution < 1.29 is 14.1 Å². The van der Waals surface area contributed by atoms with Gasteiger partial charge in [0.05, 0.1) is 0 Å². The summed E-state index contributed by atoms with van der Waals surface area (Å²) in [6, 6.07) is 14.8. The van der Waals surface area contributed by atoms with Gasteiger partial charge in [-0.2, -0.15) is 0 Å². The van der Waals surface area contributed by atoms with Gasteiger partial charge < -0.3 is 14.1 Å². The first kappa shape index (κ1) is 11.5. The first-order valence-electron chi connectivity index (χ1n) is 4.88. The van der Waals surface area contributed by atoms with Crippen LogP contribution in [0.25, 0.3) is 0 Å². The Morgan fingerprint density at radius 1 is 0.875 bits per heavy atom. The minimum atomic E-state index is -0.828. The van der Waals surface area contributed by atoms with Gasteiger partial charge in [0.15, 0.2) is 0 Å². The number of para-hydroxylation sites is 2. The van der Waals surface area contributed by atoms with Crippen LogP contribution in [0, 0.1) is 0 Å². The number of rotatable bonds is 0. The molecule has 0 atom stereocenters. The molecule has 2 aromatic rings. The van der Waals surface area contributed by atoms with Crippen molar-refractivity contribution in [1.82, 2.24) is 0 Å². The van der Waals surface area contributed by atoms with Gasteiger partial charge in [0.1, 0.15) is 11.5 Å². The van der Waals surface area contributed by atoms with Crippen molar-refractivity contribution in [2.75, 3.05) is 0 Å². The predicted octanol–water partition coefficient (Wildman–Crippen LogP) is 2.20. The Bertz CT molecular complexity index is 477. The van der Waals surface area contributed by atoms with Crippen molar-refractivity contribution >= 4 is 23.9 Å². The van der Waals surface area contributed by atoms with E-state index in [2.05, 4.69) is 0 Å². The zero-order valence-corrected chi connectivity index (χ0v) is 11.4. The molecule has 0 spiro atoms. The third kappa shape index (κ3) is 1.72. The standard InChI is InChI=1S/C13H9O2.Sn.3H/c14-13-9-5-1-3-7-11(9)15-12-8-4-2-6-10(12)13;;;;/h1-8,13H;;;;/q-1;+4;3*-1. The van der Waals surface area contributed by atoms with Crippen LogP contribution in [0.15, 0.2) is 48.5 Å². The Labute approximate surface area is 115 Å². The molecule has 0 radical (unpaired) electrons. The summed E-state index contributed by atoms with van der Waals surface area (Å²) in [5, 5.41) is 12.1. The summed E-state index contributed by atoms with van der Waals surface area (Å²) in [5.41, 5.74) is 1.44. The topological polar surface area (TPSA) is 32.3 Å². The van der Waals surface area contributed by atoms with E-state index < -0.39 is 6.10 Å². The first-order chi connectivity index (χ1) is 7.36. The maximum Gasteiger partial charge on any atom is 4.00 e. The SMILES string of the molecule is [H-].[H-].[H-].[O-]C1c2ccccc2Oc2ccccc21.[Sn+4]. The predicted molar refractivity (Wildman–Crippen MR) is 63.9 cm³/mol. The fraction of sp³-hybridized carbons (Fsp3) is 0.0769. The summed E-state index contributed by atoms with van der Waals surface area (Å²) in [6.07, 6.45) is -0.828. The molecule has 1 aliphatic heterocycles. The monoisotopic (exact) mass is 320 g/mol. The fourth-order valence-electron chi connectivity index (χ4n) is 1.87. The molecule has 0 fully saturated rings. The van der Waals surface area contributed by atoms with Gasteiger partial charge in [0.2, 0.25) is 0 Å². The second kappa shape index (κ2) is 4.47. The summed E-state index contributed by atoms with van der Waals surface area (Å²) in [7, 11) is 0. The molecule has 2 aromatic carbocycles. The molecule has 0 saturated carbocycles. The second-order valence-electron chi connectivity index (χ2n) is 3.56. The van der Waals surface area contributed by atoms with E-state index in [1.165, 1.54) is 0 Å². The fourth-order valence-corrected chi connectivity index (χ4v) is 1.87. The van der Waals surface area contributed by atoms with Crippen LogP contribution in [0.1, 0.15) is 21.5 Å². The van der Waals surface area contributed by atoms with Crippen LogP contribution in [0.5, 0.6) is 11.5 Å². The molecule has 0 unspecified atom stereocenters. The molecule has 0 saturated heterocycles. The summed E-state index contributed by atoms with van der Waals surface area (Å²) >= 11 is 0. The van der Waals surface area contributed by atoms with E-state index in [4.69, 9.17) is 4.74 Å². The maximum absolute atomic E-state index is 12.1. The van der Waals surface area contributed by atoms with Crippen molar-refractivity contribution in [3.05, 3.63) is 59.7 Å². The van der Waals surface area contributed by atoms with E-state index in [-0.39, 0.29) is 28.2 Å². The maximum atomic E-state index is 12.1. The molecule has 0 bridgehead atoms. The number of ether oxygens (including phenoxy) is 1. The van der Waals surface area contributed by atoms with E-state index in [0.29, 0.717) is 11.5 Å². The van der Waals surface area contributed by atoms with E-state index in [1.807, 2.05) is 48.5 Å². The van der Waals surface area contributed by atoms with Crippen LogP contribution < -0.4 is 9.84 Å². The Morgan fingerprint density at radius 3 is 1.81 bits per heavy atom. The molecule has 0 aliphatic carbocycles. The van der Waals surface area contributed by atoms with E-state index in [1.54, 1.807) is 0 Å². The van der Waals surface area contributed by atoms with Gasteiger partial charge in [-0.25, -0.2) is 0 Å². The van der Waals surface area contributed by atoms with Crippen molar-refractivity contribution in [3.8, 4) is 11.5 Å². The average molecular weight is 319 g/mol. The molecule has 1 heterocycles. The van der Waals surface area contributed by atoms with Gasteiger partial charge >= 0.3 is 23.9 Å². The molecule has 0 amide bonds. The Kier molecular flexibility index (Phi) is 3.21. The van der Waals surface area contributed by atoms with E-state index in [9.17, 15) is 5.11 Å². The third-order valence-electron chi connectivity index (χ3n) is 2.62. The number of benzene rings is 2. The minimum absolute atomic E-state index is 0. The number of hydrogen-bond acceptors (Lipinski definition) is 2. The minimum Gasteiger partial charge on any atom is -1.00 e. The molecule has 2 nitrogen and oxygen atoms in total.